The Bertz CT molecular complexity index is 743. The van der Waals surface area contributed by atoms with Crippen molar-refractivity contribution in [3.63, 3.8) is 0 Å². The van der Waals surface area contributed by atoms with Crippen LogP contribution in [0, 0.1) is 15.9 Å². The summed E-state index contributed by atoms with van der Waals surface area (Å²) in [6.45, 7) is 0. The van der Waals surface area contributed by atoms with E-state index >= 15 is 0 Å². The molecule has 0 saturated heterocycles. The van der Waals surface area contributed by atoms with E-state index in [0.29, 0.717) is 5.56 Å². The maximum atomic E-state index is 13.0. The number of hydrogen-bond donors (Lipinski definition) is 0. The number of allylic oxidation sites excluding steroid dienone is 1. The van der Waals surface area contributed by atoms with Crippen molar-refractivity contribution >= 4 is 29.1 Å². The molecule has 2 aromatic rings. The molecule has 0 fully saturated rings. The standard InChI is InChI=1S/C15H9ClFNO3/c16-13-6-4-10(8-14(13)18(20)21)5-7-15(19)11-2-1-3-12(17)9-11/h1-9H/b7-5+. The van der Waals surface area contributed by atoms with Gasteiger partial charge in [-0.15, -0.1) is 0 Å². The van der Waals surface area contributed by atoms with E-state index in [2.05, 4.69) is 0 Å². The molecule has 2 aromatic carbocycles. The van der Waals surface area contributed by atoms with Gasteiger partial charge in [0.2, 0.25) is 0 Å². The van der Waals surface area contributed by atoms with Gasteiger partial charge in [0.25, 0.3) is 5.69 Å². The highest BCUT2D eigenvalue weighted by molar-refractivity contribution is 6.32. The van der Waals surface area contributed by atoms with E-state index in [9.17, 15) is 19.3 Å². The van der Waals surface area contributed by atoms with Crippen LogP contribution in [0.4, 0.5) is 10.1 Å². The van der Waals surface area contributed by atoms with Crippen LogP contribution < -0.4 is 0 Å². The molecule has 0 aromatic heterocycles. The van der Waals surface area contributed by atoms with Gasteiger partial charge in [0.1, 0.15) is 10.8 Å². The minimum Gasteiger partial charge on any atom is -0.289 e. The molecule has 0 aliphatic heterocycles. The molecule has 21 heavy (non-hydrogen) atoms. The average Bonchev–Trinajstić information content (AvgIpc) is 2.45. The Morgan fingerprint density at radius 2 is 2.00 bits per heavy atom. The molecule has 0 heterocycles. The maximum Gasteiger partial charge on any atom is 0.288 e. The Labute approximate surface area is 124 Å². The summed E-state index contributed by atoms with van der Waals surface area (Å²) in [5, 5.41) is 10.8. The molecule has 0 N–H and O–H groups in total. The van der Waals surface area contributed by atoms with Gasteiger partial charge in [-0.25, -0.2) is 4.39 Å². The van der Waals surface area contributed by atoms with E-state index in [1.165, 1.54) is 42.5 Å². The first-order valence-electron chi connectivity index (χ1n) is 5.89. The van der Waals surface area contributed by atoms with Crippen LogP contribution in [0.25, 0.3) is 6.08 Å². The van der Waals surface area contributed by atoms with Gasteiger partial charge in [-0.3, -0.25) is 14.9 Å². The van der Waals surface area contributed by atoms with E-state index in [-0.39, 0.29) is 16.3 Å². The number of nitro benzene ring substituents is 1. The van der Waals surface area contributed by atoms with Gasteiger partial charge in [0.15, 0.2) is 5.78 Å². The molecule has 6 heteroatoms. The fourth-order valence-corrected chi connectivity index (χ4v) is 1.87. The van der Waals surface area contributed by atoms with E-state index < -0.39 is 16.5 Å². The molecule has 0 spiro atoms. The lowest BCUT2D eigenvalue weighted by Gasteiger charge is -1.98. The molecule has 0 bridgehead atoms. The molecule has 0 aliphatic rings. The predicted octanol–water partition coefficient (Wildman–Crippen LogP) is 4.28. The van der Waals surface area contributed by atoms with E-state index in [1.807, 2.05) is 0 Å². The molecule has 0 amide bonds. The monoisotopic (exact) mass is 305 g/mol. The molecule has 0 radical (unpaired) electrons. The number of rotatable bonds is 4. The van der Waals surface area contributed by atoms with Crippen molar-refractivity contribution in [1.82, 2.24) is 0 Å². The van der Waals surface area contributed by atoms with Crippen molar-refractivity contribution in [1.29, 1.82) is 0 Å². The summed E-state index contributed by atoms with van der Waals surface area (Å²) >= 11 is 5.69. The molecule has 0 saturated carbocycles. The van der Waals surface area contributed by atoms with Gasteiger partial charge >= 0.3 is 0 Å². The summed E-state index contributed by atoms with van der Waals surface area (Å²) < 4.78 is 13.0. The number of halogens is 2. The van der Waals surface area contributed by atoms with Crippen molar-refractivity contribution in [2.24, 2.45) is 0 Å². The number of carbonyl (C=O) groups excluding carboxylic acids is 1. The third-order valence-electron chi connectivity index (χ3n) is 2.70. The fourth-order valence-electron chi connectivity index (χ4n) is 1.68. The number of nitro groups is 1. The van der Waals surface area contributed by atoms with Crippen LogP contribution in [0.2, 0.25) is 5.02 Å². The average molecular weight is 306 g/mol. The SMILES string of the molecule is O=C(/C=C/c1ccc(Cl)c([N+](=O)[O-])c1)c1cccc(F)c1. The molecule has 0 atom stereocenters. The van der Waals surface area contributed by atoms with Crippen LogP contribution in [0.1, 0.15) is 15.9 Å². The van der Waals surface area contributed by atoms with Crippen LogP contribution in [0.15, 0.2) is 48.5 Å². The van der Waals surface area contributed by atoms with Crippen molar-refractivity contribution in [2.75, 3.05) is 0 Å². The summed E-state index contributed by atoms with van der Waals surface area (Å²) in [5.74, 6) is -0.900. The van der Waals surface area contributed by atoms with Crippen molar-refractivity contribution in [3.8, 4) is 0 Å². The van der Waals surface area contributed by atoms with Crippen LogP contribution >= 0.6 is 11.6 Å². The maximum absolute atomic E-state index is 13.0. The van der Waals surface area contributed by atoms with Crippen molar-refractivity contribution in [3.05, 3.63) is 80.6 Å². The first-order chi connectivity index (χ1) is 9.97. The summed E-state index contributed by atoms with van der Waals surface area (Å²) in [6.07, 6.45) is 2.64. The molecule has 2 rings (SSSR count). The second-order valence-corrected chi connectivity index (χ2v) is 4.58. The number of carbonyl (C=O) groups is 1. The first kappa shape index (κ1) is 14.9. The second-order valence-electron chi connectivity index (χ2n) is 4.18. The number of hydrogen-bond acceptors (Lipinski definition) is 3. The lowest BCUT2D eigenvalue weighted by Crippen LogP contribution is -1.94. The van der Waals surface area contributed by atoms with E-state index in [0.717, 1.165) is 6.07 Å². The second kappa shape index (κ2) is 6.28. The highest BCUT2D eigenvalue weighted by Gasteiger charge is 2.11. The number of nitrogens with zero attached hydrogens (tertiary/aromatic N) is 1. The smallest absolute Gasteiger partial charge is 0.288 e. The predicted molar refractivity (Wildman–Crippen MR) is 77.9 cm³/mol. The molecular weight excluding hydrogens is 297 g/mol. The summed E-state index contributed by atoms with van der Waals surface area (Å²) in [5.41, 5.74) is 0.419. The third-order valence-corrected chi connectivity index (χ3v) is 3.02. The van der Waals surface area contributed by atoms with Gasteiger partial charge in [-0.1, -0.05) is 35.9 Å². The topological polar surface area (TPSA) is 60.2 Å². The summed E-state index contributed by atoms with van der Waals surface area (Å²) in [4.78, 5) is 22.0. The molecule has 0 unspecified atom stereocenters. The van der Waals surface area contributed by atoms with Gasteiger partial charge in [-0.05, 0) is 29.8 Å². The van der Waals surface area contributed by atoms with E-state index in [4.69, 9.17) is 11.6 Å². The molecule has 0 aliphatic carbocycles. The zero-order chi connectivity index (χ0) is 15.4. The Balaban J connectivity index is 2.23. The van der Waals surface area contributed by atoms with Gasteiger partial charge in [0.05, 0.1) is 4.92 Å². The Hall–Kier alpha value is -2.53. The number of benzene rings is 2. The molecule has 4 nitrogen and oxygen atoms in total. The normalized spacial score (nSPS) is 10.8. The van der Waals surface area contributed by atoms with Crippen molar-refractivity contribution < 1.29 is 14.1 Å². The van der Waals surface area contributed by atoms with E-state index in [1.54, 1.807) is 6.07 Å². The lowest BCUT2D eigenvalue weighted by molar-refractivity contribution is -0.384. The first-order valence-corrected chi connectivity index (χ1v) is 6.27. The Morgan fingerprint density at radius 3 is 2.67 bits per heavy atom. The number of ketones is 1. The zero-order valence-electron chi connectivity index (χ0n) is 10.6. The van der Waals surface area contributed by atoms with Gasteiger partial charge in [-0.2, -0.15) is 0 Å². The molecular formula is C15H9ClFNO3. The highest BCUT2D eigenvalue weighted by atomic mass is 35.5. The van der Waals surface area contributed by atoms with Gasteiger partial charge in [0, 0.05) is 11.6 Å². The summed E-state index contributed by atoms with van der Waals surface area (Å²) in [7, 11) is 0. The van der Waals surface area contributed by atoms with Crippen LogP contribution in [0.3, 0.4) is 0 Å². The zero-order valence-corrected chi connectivity index (χ0v) is 11.4. The van der Waals surface area contributed by atoms with Crippen LogP contribution in [-0.4, -0.2) is 10.7 Å². The Morgan fingerprint density at radius 1 is 1.24 bits per heavy atom. The van der Waals surface area contributed by atoms with Crippen LogP contribution in [0.5, 0.6) is 0 Å². The lowest BCUT2D eigenvalue weighted by atomic mass is 10.1. The van der Waals surface area contributed by atoms with Crippen molar-refractivity contribution in [2.45, 2.75) is 0 Å². The minimum atomic E-state index is -0.603. The van der Waals surface area contributed by atoms with Crippen LogP contribution in [-0.2, 0) is 0 Å². The van der Waals surface area contributed by atoms with Gasteiger partial charge < -0.3 is 0 Å². The quantitative estimate of drug-likeness (QED) is 0.366. The minimum absolute atomic E-state index is 0.0219. The fraction of sp³-hybridized carbons (Fsp3) is 0. The third kappa shape index (κ3) is 3.73. The molecule has 106 valence electrons. The highest BCUT2D eigenvalue weighted by Crippen LogP contribution is 2.25. The summed E-state index contributed by atoms with van der Waals surface area (Å²) in [6, 6.07) is 9.47. The largest absolute Gasteiger partial charge is 0.289 e. The Kier molecular flexibility index (Phi) is 4.45.